The summed E-state index contributed by atoms with van der Waals surface area (Å²) >= 11 is 0.795. The van der Waals surface area contributed by atoms with Crippen LogP contribution in [0.1, 0.15) is 50.2 Å². The monoisotopic (exact) mass is 726 g/mol. The summed E-state index contributed by atoms with van der Waals surface area (Å²) in [7, 11) is -7.79. The molecule has 0 aromatic heterocycles. The van der Waals surface area contributed by atoms with Gasteiger partial charge in [0.1, 0.15) is 0 Å². The Balaban J connectivity index is 1.79. The summed E-state index contributed by atoms with van der Waals surface area (Å²) in [6.07, 6.45) is 0.192. The van der Waals surface area contributed by atoms with Crippen LogP contribution < -0.4 is 19.2 Å². The molecule has 3 atom stereocenters. The van der Waals surface area contributed by atoms with Crippen LogP contribution in [-0.2, 0) is 28.6 Å². The number of phosphoric ester groups is 1. The van der Waals surface area contributed by atoms with Crippen molar-refractivity contribution in [3.8, 4) is 0 Å². The number of hydrogen-bond acceptors (Lipinski definition) is 8. The summed E-state index contributed by atoms with van der Waals surface area (Å²) in [4.78, 5) is 45.0. The van der Waals surface area contributed by atoms with Gasteiger partial charge in [-0.1, -0.05) is 13.8 Å². The van der Waals surface area contributed by atoms with Crippen LogP contribution in [0.4, 0.5) is 10.5 Å². The summed E-state index contributed by atoms with van der Waals surface area (Å²) in [5, 5.41) is 5.61. The van der Waals surface area contributed by atoms with E-state index in [2.05, 4.69) is 10.6 Å². The van der Waals surface area contributed by atoms with Crippen LogP contribution in [0.3, 0.4) is 0 Å². The molecule has 0 bridgehead atoms. The first-order valence-corrected chi connectivity index (χ1v) is 19.9. The van der Waals surface area contributed by atoms with Crippen molar-refractivity contribution < 1.29 is 41.6 Å². The van der Waals surface area contributed by atoms with Crippen molar-refractivity contribution in [3.63, 3.8) is 0 Å². The van der Waals surface area contributed by atoms with Crippen molar-refractivity contribution in [1.82, 2.24) is 14.9 Å². The second-order valence-corrected chi connectivity index (χ2v) is 16.5. The molecule has 3 aromatic rings. The number of nitrogen functional groups attached to an aromatic ring is 1. The molecule has 0 aliphatic heterocycles. The Morgan fingerprint density at radius 1 is 0.980 bits per heavy atom. The van der Waals surface area contributed by atoms with Crippen LogP contribution in [0.2, 0.25) is 0 Å². The predicted octanol–water partition coefficient (Wildman–Crippen LogP) is 3.03. The number of unbranched alkanes of at least 4 members (excludes halogenated alkanes) is 1. The molecule has 0 heterocycles. The fraction of sp³-hybridized carbons (Fsp3) is 0.394. The molecule has 0 radical (unpaired) electrons. The first-order chi connectivity index (χ1) is 23.1. The van der Waals surface area contributed by atoms with Gasteiger partial charge in [-0.2, -0.15) is 4.31 Å². The topological polar surface area (TPSA) is 198 Å². The van der Waals surface area contributed by atoms with Crippen LogP contribution in [0.25, 0.3) is 0 Å². The van der Waals surface area contributed by atoms with Gasteiger partial charge >= 0.3 is 192 Å². The number of ether oxygens (including phenoxy) is 1. The van der Waals surface area contributed by atoms with Gasteiger partial charge in [0.15, 0.2) is 0 Å². The quantitative estimate of drug-likeness (QED) is 0.0563. The van der Waals surface area contributed by atoms with E-state index < -0.39 is 54.5 Å². The molecule has 0 saturated carbocycles. The molecule has 6 N–H and O–H groups in total. The van der Waals surface area contributed by atoms with Gasteiger partial charge in [0.2, 0.25) is 10.0 Å². The number of nitrogens with two attached hydrogens (primary N) is 1. The van der Waals surface area contributed by atoms with Crippen molar-refractivity contribution in [2.75, 3.05) is 32.5 Å². The van der Waals surface area contributed by atoms with E-state index >= 15 is 0 Å². The molecule has 13 nitrogen and oxygen atoms in total. The molecule has 0 aliphatic carbocycles. The van der Waals surface area contributed by atoms with Gasteiger partial charge in [-0.05, 0) is 30.2 Å². The maximum absolute atomic E-state index is 13.8. The third-order valence-electron chi connectivity index (χ3n) is 7.77. The average Bonchev–Trinajstić information content (AvgIpc) is 3.04. The molecule has 16 heteroatoms. The molecular weight excluding hydrogens is 682 g/mol. The average molecular weight is 727 g/mol. The fourth-order valence-electron chi connectivity index (χ4n) is 5.49. The number of alkyl carbamates (subject to hydrolysis) is 1. The number of carbonyl (C=O) groups excluding carboxylic acids is 2. The maximum atomic E-state index is 13.8. The second-order valence-electron chi connectivity index (χ2n) is 12.2. The number of carbonyl (C=O) groups is 2. The summed E-state index contributed by atoms with van der Waals surface area (Å²) in [6.45, 7) is 3.38. The van der Waals surface area contributed by atoms with E-state index in [4.69, 9.17) is 15.0 Å². The number of amides is 2. The Morgan fingerprint density at radius 3 is 2.22 bits per heavy atom. The zero-order valence-corrected chi connectivity index (χ0v) is 31.9. The molecule has 3 aromatic carbocycles. The molecule has 49 heavy (non-hydrogen) atoms. The number of phosphoric acid groups is 1. The van der Waals surface area contributed by atoms with Gasteiger partial charge in [-0.3, -0.25) is 4.52 Å². The number of nitrogens with one attached hydrogen (secondary N) is 2. The first-order valence-electron chi connectivity index (χ1n) is 15.9. The molecule has 0 saturated heterocycles. The predicted molar refractivity (Wildman–Crippen MR) is 188 cm³/mol. The van der Waals surface area contributed by atoms with Crippen LogP contribution >= 0.6 is 7.82 Å². The minimum absolute atomic E-state index is 0.0103. The number of nitrogens with zero attached hydrogens (tertiary/aromatic N) is 1. The van der Waals surface area contributed by atoms with Crippen molar-refractivity contribution >= 4 is 66.3 Å². The van der Waals surface area contributed by atoms with E-state index in [1.807, 2.05) is 68.4 Å². The zero-order valence-electron chi connectivity index (χ0n) is 28.2. The Bertz CT molecular complexity index is 1670. The van der Waals surface area contributed by atoms with Crippen molar-refractivity contribution in [2.24, 2.45) is 5.92 Å². The molecule has 3 rings (SSSR count). The van der Waals surface area contributed by atoms with Gasteiger partial charge in [0.25, 0.3) is 0 Å². The van der Waals surface area contributed by atoms with Crippen LogP contribution in [0.15, 0.2) is 83.8 Å². The molecule has 2 amide bonds. The number of methoxy groups -OCH3 is 1. The zero-order chi connectivity index (χ0) is 36.2. The van der Waals surface area contributed by atoms with Crippen molar-refractivity contribution in [2.45, 2.75) is 56.0 Å². The van der Waals surface area contributed by atoms with Gasteiger partial charge in [-0.15, -0.1) is 0 Å². The Kier molecular flexibility index (Phi) is 15.8. The Hall–Kier alpha value is -2.78. The fourth-order valence-corrected chi connectivity index (χ4v) is 8.18. The van der Waals surface area contributed by atoms with E-state index in [0.29, 0.717) is 18.5 Å². The van der Waals surface area contributed by atoms with E-state index in [1.165, 1.54) is 35.7 Å². The van der Waals surface area contributed by atoms with Gasteiger partial charge in [-0.25, -0.2) is 13.0 Å². The second kappa shape index (κ2) is 19.0. The van der Waals surface area contributed by atoms with E-state index in [9.17, 15) is 32.4 Å². The molecule has 0 spiro atoms. The standard InChI is InChI=1S/C33H44N4O9PS.Na/c1-24(2)22-37(48(43,44)29-19-17-27(34)18-20-29)28(23-46-47(40,41)42)16-10-11-21-35-32(38)31(36-33(39)45-3)30(25-12-6-4-7-13-25)26-14-8-5-9-15-26;/h4-8,12-15,17-20,24,28,30-31H,10-11,16,21-23,34H2,1-3H3,(H,35,38)(H,36,39)(H2,40,41,42);/t28-,30?,31-;/m0./s1. The van der Waals surface area contributed by atoms with Gasteiger partial charge in [0, 0.05) is 12.2 Å². The van der Waals surface area contributed by atoms with Crippen LogP contribution in [0.5, 0.6) is 0 Å². The normalized spacial score (nSPS) is 13.9. The molecule has 0 fully saturated rings. The van der Waals surface area contributed by atoms with Crippen molar-refractivity contribution in [1.29, 1.82) is 0 Å². The Morgan fingerprint density at radius 2 is 1.63 bits per heavy atom. The summed E-state index contributed by atoms with van der Waals surface area (Å²) in [6, 6.07) is 21.0. The number of sulfonamides is 1. The van der Waals surface area contributed by atoms with E-state index in [1.54, 1.807) is 0 Å². The summed E-state index contributed by atoms with van der Waals surface area (Å²) < 4.78 is 51.2. The molecule has 262 valence electrons. The Labute approximate surface area is 305 Å². The number of anilines is 1. The van der Waals surface area contributed by atoms with Crippen LogP contribution in [0, 0.1) is 5.92 Å². The van der Waals surface area contributed by atoms with Gasteiger partial charge < -0.3 is 15.5 Å². The molecule has 0 aliphatic rings. The summed E-state index contributed by atoms with van der Waals surface area (Å²) in [5.41, 5.74) is 7.83. The summed E-state index contributed by atoms with van der Waals surface area (Å²) in [5.74, 6) is -1.08. The number of hydrogen-bond donors (Lipinski definition) is 5. The third-order valence-corrected chi connectivity index (χ3v) is 10.8. The van der Waals surface area contributed by atoms with Crippen LogP contribution in [-0.4, -0.2) is 101 Å². The van der Waals surface area contributed by atoms with E-state index in [0.717, 1.165) is 41.9 Å². The number of rotatable bonds is 18. The van der Waals surface area contributed by atoms with Gasteiger partial charge in [0.05, 0.1) is 11.5 Å². The first kappa shape index (κ1) is 40.6. The van der Waals surface area contributed by atoms with Crippen molar-refractivity contribution in [3.05, 3.63) is 90.0 Å². The molecule has 1 unspecified atom stereocenters. The minimum atomic E-state index is -4.91. The molecular formula is C33H44N4NaO9PS. The SMILES string of the molecule is COC(=O)N[C@H](C(=O)NCCCC[C@@H](COP(=O)(O)O)N(CC(C)C)S(=O)(=O)c1ccc(N)cc1)C(c1ccccc1)c1ccc[c]([Na])c1. The van der Waals surface area contributed by atoms with E-state index in [-0.39, 0.29) is 30.3 Å². The third kappa shape index (κ3) is 12.8. The number of benzene rings is 3.